The number of benzene rings is 2. The predicted molar refractivity (Wildman–Crippen MR) is 153 cm³/mol. The molecule has 3 aromatic rings. The fourth-order valence-corrected chi connectivity index (χ4v) is 4.12. The number of carbonyl (C=O) groups excluding carboxylic acids is 3. The molecular weight excluding hydrogens is 544 g/mol. The maximum atomic E-state index is 13.2. The third kappa shape index (κ3) is 5.37. The summed E-state index contributed by atoms with van der Waals surface area (Å²) in [5.74, 6) is -1.37. The highest BCUT2D eigenvalue weighted by Gasteiger charge is 2.40. The minimum Gasteiger partial charge on any atom is -0.859 e. The van der Waals surface area contributed by atoms with Gasteiger partial charge in [0.25, 0.3) is 17.4 Å². The minimum atomic E-state index is -0.816. The summed E-state index contributed by atoms with van der Waals surface area (Å²) in [5.41, 5.74) is -1.17. The van der Waals surface area contributed by atoms with E-state index in [1.54, 1.807) is 31.2 Å². The van der Waals surface area contributed by atoms with Crippen LogP contribution >= 0.6 is 0 Å². The predicted octanol–water partition coefficient (Wildman–Crippen LogP) is 2.14. The van der Waals surface area contributed by atoms with Gasteiger partial charge < -0.3 is 14.6 Å². The second kappa shape index (κ2) is 11.8. The van der Waals surface area contributed by atoms with E-state index in [1.165, 1.54) is 76.9 Å². The molecule has 0 unspecified atom stereocenters. The molecule has 4 amide bonds. The van der Waals surface area contributed by atoms with Gasteiger partial charge in [0, 0.05) is 25.3 Å². The van der Waals surface area contributed by atoms with Gasteiger partial charge in [0.2, 0.25) is 0 Å². The molecule has 2 aromatic carbocycles. The van der Waals surface area contributed by atoms with Crippen LogP contribution < -0.4 is 30.7 Å². The minimum absolute atomic E-state index is 0.252. The van der Waals surface area contributed by atoms with E-state index in [9.17, 15) is 29.1 Å². The van der Waals surface area contributed by atoms with Crippen LogP contribution in [0.25, 0.3) is 11.8 Å². The number of ether oxygens (including phenoxy) is 2. The summed E-state index contributed by atoms with van der Waals surface area (Å²) in [6, 6.07) is 11.6. The summed E-state index contributed by atoms with van der Waals surface area (Å²) in [4.78, 5) is 66.0. The van der Waals surface area contributed by atoms with Gasteiger partial charge in [0.1, 0.15) is 17.1 Å². The molecule has 0 N–H and O–H groups in total. The second-order valence-corrected chi connectivity index (χ2v) is 9.21. The first-order valence-electron chi connectivity index (χ1n) is 12.5. The van der Waals surface area contributed by atoms with Crippen molar-refractivity contribution in [2.45, 2.75) is 6.92 Å². The zero-order valence-electron chi connectivity index (χ0n) is 23.5. The summed E-state index contributed by atoms with van der Waals surface area (Å²) in [6.07, 6.45) is 5.40. The molecule has 2 heterocycles. The molecule has 0 spiro atoms. The zero-order valence-corrected chi connectivity index (χ0v) is 23.5. The Bertz CT molecular complexity index is 1780. The van der Waals surface area contributed by atoms with Crippen molar-refractivity contribution in [3.8, 4) is 23.1 Å². The van der Waals surface area contributed by atoms with Crippen molar-refractivity contribution < 1.29 is 29.0 Å². The molecule has 0 bridgehead atoms. The standard InChI is InChI=1S/C30H28N4O8/c1-18(6-16-23-25(35)31(2)29(39)33(27(23)37)19-8-12-21(41-4)13-9-19)7-17-24-26(36)32(3)30(40)34(28(24)38)20-10-14-22(42-5)15-11-20/h6-17,37H,1-5H3/p-1/b16-6+,18-7+,24-17+. The Morgan fingerprint density at radius 2 is 1.36 bits per heavy atom. The van der Waals surface area contributed by atoms with Crippen molar-refractivity contribution in [1.29, 1.82) is 0 Å². The van der Waals surface area contributed by atoms with E-state index in [4.69, 9.17) is 9.47 Å². The molecular formula is C30H27N4O8-. The normalized spacial score (nSPS) is 15.2. The first-order valence-corrected chi connectivity index (χ1v) is 12.5. The average molecular weight is 572 g/mol. The lowest BCUT2D eigenvalue weighted by atomic mass is 10.1. The van der Waals surface area contributed by atoms with Crippen molar-refractivity contribution in [3.05, 3.63) is 104 Å². The maximum absolute atomic E-state index is 13.2. The van der Waals surface area contributed by atoms with Crippen LogP contribution in [0.3, 0.4) is 0 Å². The molecule has 216 valence electrons. The fourth-order valence-electron chi connectivity index (χ4n) is 4.12. The molecule has 1 aromatic heterocycles. The van der Waals surface area contributed by atoms with Gasteiger partial charge in [-0.1, -0.05) is 17.7 Å². The number of likely N-dealkylation sites (N-methyl/N-ethyl adjacent to an activating group) is 1. The highest BCUT2D eigenvalue weighted by molar-refractivity contribution is 6.37. The van der Waals surface area contributed by atoms with Crippen LogP contribution in [0.2, 0.25) is 0 Å². The lowest BCUT2D eigenvalue weighted by Crippen LogP contribution is -2.55. The number of nitrogens with zero attached hydrogens (tertiary/aromatic N) is 4. The van der Waals surface area contributed by atoms with Crippen LogP contribution in [0.15, 0.2) is 87.5 Å². The molecule has 12 heteroatoms. The maximum Gasteiger partial charge on any atom is 0.338 e. The fraction of sp³-hybridized carbons (Fsp3) is 0.167. The third-order valence-electron chi connectivity index (χ3n) is 6.58. The Morgan fingerprint density at radius 3 is 1.90 bits per heavy atom. The van der Waals surface area contributed by atoms with Crippen LogP contribution in [-0.4, -0.2) is 53.1 Å². The second-order valence-electron chi connectivity index (χ2n) is 9.21. The Labute approximate surface area is 240 Å². The molecule has 1 fully saturated rings. The van der Waals surface area contributed by atoms with Gasteiger partial charge in [-0.25, -0.2) is 14.5 Å². The Morgan fingerprint density at radius 1 is 0.810 bits per heavy atom. The van der Waals surface area contributed by atoms with Crippen molar-refractivity contribution in [1.82, 2.24) is 14.0 Å². The smallest absolute Gasteiger partial charge is 0.338 e. The number of methoxy groups -OCH3 is 2. The quantitative estimate of drug-likeness (QED) is 0.238. The Balaban J connectivity index is 1.68. The molecule has 1 aliphatic rings. The van der Waals surface area contributed by atoms with Crippen LogP contribution in [-0.2, 0) is 16.6 Å². The lowest BCUT2D eigenvalue weighted by Gasteiger charge is -2.31. The molecule has 1 saturated heterocycles. The summed E-state index contributed by atoms with van der Waals surface area (Å²) < 4.78 is 11.9. The number of imide groups is 2. The highest BCUT2D eigenvalue weighted by Crippen LogP contribution is 2.26. The van der Waals surface area contributed by atoms with Crippen LogP contribution in [0.4, 0.5) is 10.5 Å². The van der Waals surface area contributed by atoms with E-state index in [2.05, 4.69) is 0 Å². The summed E-state index contributed by atoms with van der Waals surface area (Å²) in [5, 5.41) is 13.2. The van der Waals surface area contributed by atoms with Crippen molar-refractivity contribution in [2.24, 2.45) is 7.05 Å². The number of carbonyl (C=O) groups is 3. The number of aromatic nitrogens is 2. The van der Waals surface area contributed by atoms with E-state index in [1.807, 2.05) is 0 Å². The van der Waals surface area contributed by atoms with Crippen LogP contribution in [0, 0.1) is 0 Å². The van der Waals surface area contributed by atoms with E-state index >= 15 is 0 Å². The molecule has 1 aliphatic heterocycles. The number of anilines is 1. The van der Waals surface area contributed by atoms with Crippen molar-refractivity contribution in [3.63, 3.8) is 0 Å². The SMILES string of the molecule is COc1ccc(N2C(=O)/C(=C/C=C(C)/C=C/c3c([O-])n(-c4ccc(OC)cc4)c(=O)n(C)c3=O)C(=O)N(C)C2=O)cc1. The first kappa shape index (κ1) is 29.3. The zero-order chi connectivity index (χ0) is 30.7. The lowest BCUT2D eigenvalue weighted by molar-refractivity contribution is -0.278. The molecule has 0 atom stereocenters. The van der Waals surface area contributed by atoms with E-state index < -0.39 is 35.0 Å². The number of hydrogen-bond donors (Lipinski definition) is 0. The number of barbiturate groups is 1. The van der Waals surface area contributed by atoms with Gasteiger partial charge in [-0.15, -0.1) is 0 Å². The third-order valence-corrected chi connectivity index (χ3v) is 6.58. The van der Waals surface area contributed by atoms with Gasteiger partial charge in [0.15, 0.2) is 0 Å². The molecule has 0 aliphatic carbocycles. The average Bonchev–Trinajstić information content (AvgIpc) is 2.99. The van der Waals surface area contributed by atoms with Crippen molar-refractivity contribution in [2.75, 3.05) is 26.2 Å². The molecule has 12 nitrogen and oxygen atoms in total. The van der Waals surface area contributed by atoms with Gasteiger partial charge in [-0.05, 0) is 73.5 Å². The van der Waals surface area contributed by atoms with Gasteiger partial charge in [0.05, 0.1) is 19.9 Å². The number of allylic oxidation sites excluding steroid dienone is 4. The van der Waals surface area contributed by atoms with Gasteiger partial charge in [-0.3, -0.25) is 28.4 Å². The first-order chi connectivity index (χ1) is 20.0. The molecule has 4 rings (SSSR count). The van der Waals surface area contributed by atoms with E-state index in [0.717, 1.165) is 18.9 Å². The number of rotatable bonds is 7. The van der Waals surface area contributed by atoms with Crippen molar-refractivity contribution >= 4 is 29.6 Å². The summed E-state index contributed by atoms with van der Waals surface area (Å²) in [7, 11) is 5.49. The van der Waals surface area contributed by atoms with Crippen LogP contribution in [0.1, 0.15) is 12.5 Å². The molecule has 0 saturated carbocycles. The van der Waals surface area contributed by atoms with Gasteiger partial charge in [-0.2, -0.15) is 0 Å². The monoisotopic (exact) mass is 571 g/mol. The van der Waals surface area contributed by atoms with E-state index in [0.29, 0.717) is 17.1 Å². The van der Waals surface area contributed by atoms with E-state index in [-0.39, 0.29) is 22.5 Å². The largest absolute Gasteiger partial charge is 0.859 e. The number of urea groups is 1. The molecule has 0 radical (unpaired) electrons. The Hall–Kier alpha value is -5.65. The van der Waals surface area contributed by atoms with Crippen LogP contribution in [0.5, 0.6) is 17.4 Å². The topological polar surface area (TPSA) is 143 Å². The summed E-state index contributed by atoms with van der Waals surface area (Å²) in [6.45, 7) is 1.62. The highest BCUT2D eigenvalue weighted by atomic mass is 16.5. The summed E-state index contributed by atoms with van der Waals surface area (Å²) >= 11 is 0. The number of hydrogen-bond acceptors (Lipinski definition) is 8. The number of amides is 4. The van der Waals surface area contributed by atoms with Gasteiger partial charge >= 0.3 is 11.7 Å². The Kier molecular flexibility index (Phi) is 8.27. The molecule has 42 heavy (non-hydrogen) atoms.